The molecule has 0 spiro atoms. The molecular formula is C16H24N2O2S. The van der Waals surface area contributed by atoms with Crippen LogP contribution in [0.5, 0.6) is 0 Å². The lowest BCUT2D eigenvalue weighted by Gasteiger charge is -2.21. The van der Waals surface area contributed by atoms with Gasteiger partial charge in [0, 0.05) is 22.7 Å². The molecule has 116 valence electrons. The zero-order valence-electron chi connectivity index (χ0n) is 13.1. The van der Waals surface area contributed by atoms with Crippen molar-refractivity contribution in [2.45, 2.75) is 52.5 Å². The monoisotopic (exact) mass is 308 g/mol. The summed E-state index contributed by atoms with van der Waals surface area (Å²) in [6.07, 6.45) is 3.59. The molecule has 2 rings (SSSR count). The summed E-state index contributed by atoms with van der Waals surface area (Å²) >= 11 is 1.75. The fourth-order valence-electron chi connectivity index (χ4n) is 2.82. The molecular weight excluding hydrogens is 284 g/mol. The summed E-state index contributed by atoms with van der Waals surface area (Å²) in [5, 5.41) is 3.01. The predicted octanol–water partition coefficient (Wildman–Crippen LogP) is 2.94. The van der Waals surface area contributed by atoms with Crippen molar-refractivity contribution < 1.29 is 9.59 Å². The number of aryl methyl sites for hydroxylation is 2. The highest BCUT2D eigenvalue weighted by atomic mass is 32.1. The van der Waals surface area contributed by atoms with Crippen molar-refractivity contribution in [2.75, 3.05) is 13.1 Å². The van der Waals surface area contributed by atoms with E-state index >= 15 is 0 Å². The highest BCUT2D eigenvalue weighted by Crippen LogP contribution is 2.26. The van der Waals surface area contributed by atoms with E-state index in [2.05, 4.69) is 25.2 Å². The maximum atomic E-state index is 12.2. The second-order valence-corrected chi connectivity index (χ2v) is 7.24. The van der Waals surface area contributed by atoms with E-state index in [9.17, 15) is 9.59 Å². The molecule has 1 fully saturated rings. The van der Waals surface area contributed by atoms with Gasteiger partial charge < -0.3 is 10.2 Å². The van der Waals surface area contributed by atoms with Gasteiger partial charge in [-0.05, 0) is 45.2 Å². The first kappa shape index (κ1) is 16.0. The van der Waals surface area contributed by atoms with Crippen molar-refractivity contribution in [3.63, 3.8) is 0 Å². The molecule has 21 heavy (non-hydrogen) atoms. The third-order valence-electron chi connectivity index (χ3n) is 3.93. The van der Waals surface area contributed by atoms with Crippen LogP contribution in [0.1, 0.15) is 54.0 Å². The Kier molecular flexibility index (Phi) is 5.39. The Labute approximate surface area is 130 Å². The number of nitrogens with zero attached hydrogens (tertiary/aromatic N) is 1. The van der Waals surface area contributed by atoms with Crippen LogP contribution in [0.25, 0.3) is 0 Å². The summed E-state index contributed by atoms with van der Waals surface area (Å²) in [6, 6.07) is 2.12. The number of likely N-dealkylation sites (tertiary alicyclic amines) is 1. The van der Waals surface area contributed by atoms with Crippen LogP contribution in [-0.2, 0) is 9.59 Å². The van der Waals surface area contributed by atoms with Crippen LogP contribution in [0.3, 0.4) is 0 Å². The van der Waals surface area contributed by atoms with E-state index in [1.54, 1.807) is 16.2 Å². The van der Waals surface area contributed by atoms with Gasteiger partial charge in [0.25, 0.3) is 0 Å². The summed E-state index contributed by atoms with van der Waals surface area (Å²) in [4.78, 5) is 28.3. The molecule has 0 aliphatic carbocycles. The Hall–Kier alpha value is -1.36. The number of hydrogen-bond acceptors (Lipinski definition) is 3. The lowest BCUT2D eigenvalue weighted by molar-refractivity contribution is -0.135. The molecule has 0 aromatic carbocycles. The molecule has 1 aliphatic heterocycles. The second kappa shape index (κ2) is 7.07. The average molecular weight is 308 g/mol. The zero-order valence-corrected chi connectivity index (χ0v) is 13.9. The normalized spacial score (nSPS) is 17.5. The molecule has 2 heterocycles. The van der Waals surface area contributed by atoms with Crippen molar-refractivity contribution in [3.8, 4) is 0 Å². The Balaban J connectivity index is 1.91. The molecule has 0 unspecified atom stereocenters. The minimum Gasteiger partial charge on any atom is -0.348 e. The minimum atomic E-state index is -0.0685. The summed E-state index contributed by atoms with van der Waals surface area (Å²) in [7, 11) is 0. The predicted molar refractivity (Wildman–Crippen MR) is 85.4 cm³/mol. The van der Waals surface area contributed by atoms with Gasteiger partial charge in [0.05, 0.1) is 12.6 Å². The Bertz CT molecular complexity index is 524. The van der Waals surface area contributed by atoms with Gasteiger partial charge in [-0.25, -0.2) is 0 Å². The maximum Gasteiger partial charge on any atom is 0.240 e. The molecule has 0 bridgehead atoms. The molecule has 4 nitrogen and oxygen atoms in total. The molecule has 2 amide bonds. The summed E-state index contributed by atoms with van der Waals surface area (Å²) in [5.41, 5.74) is 1.17. The van der Waals surface area contributed by atoms with Crippen LogP contribution in [-0.4, -0.2) is 29.8 Å². The van der Waals surface area contributed by atoms with Crippen molar-refractivity contribution in [2.24, 2.45) is 0 Å². The lowest BCUT2D eigenvalue weighted by atomic mass is 10.1. The SMILES string of the molecule is Cc1cc([C@H](C)NC(=O)CN2CCCCCC2=O)c(C)s1. The van der Waals surface area contributed by atoms with Crippen LogP contribution >= 0.6 is 11.3 Å². The Morgan fingerprint density at radius 3 is 2.81 bits per heavy atom. The van der Waals surface area contributed by atoms with Crippen molar-refractivity contribution in [1.29, 1.82) is 0 Å². The van der Waals surface area contributed by atoms with E-state index in [0.717, 1.165) is 19.3 Å². The van der Waals surface area contributed by atoms with Crippen molar-refractivity contribution in [1.82, 2.24) is 10.2 Å². The van der Waals surface area contributed by atoms with Crippen LogP contribution in [0, 0.1) is 13.8 Å². The highest BCUT2D eigenvalue weighted by molar-refractivity contribution is 7.12. The van der Waals surface area contributed by atoms with Crippen LogP contribution in [0.15, 0.2) is 6.07 Å². The molecule has 1 N–H and O–H groups in total. The Morgan fingerprint density at radius 2 is 2.14 bits per heavy atom. The third-order valence-corrected chi connectivity index (χ3v) is 4.91. The van der Waals surface area contributed by atoms with Crippen LogP contribution < -0.4 is 5.32 Å². The van der Waals surface area contributed by atoms with E-state index in [0.29, 0.717) is 13.0 Å². The average Bonchev–Trinajstić information content (AvgIpc) is 2.62. The van der Waals surface area contributed by atoms with Crippen molar-refractivity contribution >= 4 is 23.2 Å². The van der Waals surface area contributed by atoms with Gasteiger partial charge in [-0.1, -0.05) is 6.42 Å². The first-order valence-corrected chi connectivity index (χ1v) is 8.43. The number of amides is 2. The van der Waals surface area contributed by atoms with Gasteiger partial charge >= 0.3 is 0 Å². The molecule has 1 aromatic heterocycles. The second-order valence-electron chi connectivity index (χ2n) is 5.78. The van der Waals surface area contributed by atoms with Crippen LogP contribution in [0.2, 0.25) is 0 Å². The lowest BCUT2D eigenvalue weighted by Crippen LogP contribution is -2.41. The number of carbonyl (C=O) groups is 2. The zero-order chi connectivity index (χ0) is 15.4. The molecule has 1 aliphatic rings. The number of hydrogen-bond donors (Lipinski definition) is 1. The van der Waals surface area contributed by atoms with Gasteiger partial charge in [0.15, 0.2) is 0 Å². The molecule has 5 heteroatoms. The molecule has 1 atom stereocenters. The first-order chi connectivity index (χ1) is 9.97. The minimum absolute atomic E-state index is 0.00969. The summed E-state index contributed by atoms with van der Waals surface area (Å²) in [6.45, 7) is 7.04. The van der Waals surface area contributed by atoms with E-state index in [1.165, 1.54) is 15.3 Å². The molecule has 1 saturated heterocycles. The molecule has 1 aromatic rings. The van der Waals surface area contributed by atoms with E-state index in [-0.39, 0.29) is 24.4 Å². The van der Waals surface area contributed by atoms with E-state index in [4.69, 9.17) is 0 Å². The van der Waals surface area contributed by atoms with Crippen LogP contribution in [0.4, 0.5) is 0 Å². The third kappa shape index (κ3) is 4.30. The van der Waals surface area contributed by atoms with Gasteiger partial charge in [-0.15, -0.1) is 11.3 Å². The standard InChI is InChI=1S/C16H24N2O2S/c1-11-9-14(13(3)21-11)12(2)17-15(19)10-18-8-6-4-5-7-16(18)20/h9,12H,4-8,10H2,1-3H3,(H,17,19)/t12-/m0/s1. The number of carbonyl (C=O) groups excluding carboxylic acids is 2. The summed E-state index contributed by atoms with van der Waals surface area (Å²) < 4.78 is 0. The van der Waals surface area contributed by atoms with Gasteiger partial charge in [-0.3, -0.25) is 9.59 Å². The fraction of sp³-hybridized carbons (Fsp3) is 0.625. The topological polar surface area (TPSA) is 49.4 Å². The van der Waals surface area contributed by atoms with Gasteiger partial charge in [0.2, 0.25) is 11.8 Å². The van der Waals surface area contributed by atoms with Gasteiger partial charge in [0.1, 0.15) is 0 Å². The van der Waals surface area contributed by atoms with E-state index < -0.39 is 0 Å². The van der Waals surface area contributed by atoms with E-state index in [1.807, 2.05) is 6.92 Å². The fourth-order valence-corrected chi connectivity index (χ4v) is 3.85. The number of nitrogens with one attached hydrogen (secondary N) is 1. The number of thiophene rings is 1. The first-order valence-electron chi connectivity index (χ1n) is 7.61. The van der Waals surface area contributed by atoms with Crippen molar-refractivity contribution in [3.05, 3.63) is 21.4 Å². The molecule has 0 radical (unpaired) electrons. The Morgan fingerprint density at radius 1 is 1.38 bits per heavy atom. The smallest absolute Gasteiger partial charge is 0.240 e. The number of rotatable bonds is 4. The quantitative estimate of drug-likeness (QED) is 0.929. The largest absolute Gasteiger partial charge is 0.348 e. The molecule has 0 saturated carbocycles. The highest BCUT2D eigenvalue weighted by Gasteiger charge is 2.20. The van der Waals surface area contributed by atoms with Gasteiger partial charge in [-0.2, -0.15) is 0 Å². The maximum absolute atomic E-state index is 12.2. The summed E-state index contributed by atoms with van der Waals surface area (Å²) in [5.74, 6) is 0.0406.